The van der Waals surface area contributed by atoms with Crippen LogP contribution in [0.4, 0.5) is 0 Å². The number of thioether (sulfide) groups is 1. The van der Waals surface area contributed by atoms with Gasteiger partial charge in [-0.05, 0) is 23.8 Å². The number of hydrogen-bond donors (Lipinski definition) is 0. The van der Waals surface area contributed by atoms with Gasteiger partial charge in [-0.3, -0.25) is 4.90 Å². The Kier molecular flexibility index (Phi) is 3.79. The van der Waals surface area contributed by atoms with E-state index in [4.69, 9.17) is 0 Å². The first-order valence-corrected chi connectivity index (χ1v) is 8.12. The van der Waals surface area contributed by atoms with Crippen molar-refractivity contribution >= 4 is 34.7 Å². The zero-order valence-corrected chi connectivity index (χ0v) is 12.2. The van der Waals surface area contributed by atoms with Gasteiger partial charge in [-0.1, -0.05) is 42.1 Å². The Balaban J connectivity index is 1.62. The van der Waals surface area contributed by atoms with Crippen molar-refractivity contribution in [1.82, 2.24) is 9.31 Å². The molecule has 98 valence electrons. The maximum atomic E-state index is 4.58. The largest absolute Gasteiger partial charge is 0.283 e. The number of hydrogen-bond acceptors (Lipinski definition) is 6. The molecule has 0 radical (unpaired) electrons. The van der Waals surface area contributed by atoms with Gasteiger partial charge in [0.15, 0.2) is 11.0 Å². The summed E-state index contributed by atoms with van der Waals surface area (Å²) in [7, 11) is 0. The number of amidine groups is 2. The Morgan fingerprint density at radius 1 is 1.26 bits per heavy atom. The normalized spacial score (nSPS) is 17.3. The van der Waals surface area contributed by atoms with Crippen LogP contribution in [0.5, 0.6) is 0 Å². The fourth-order valence-corrected chi connectivity index (χ4v) is 3.24. The summed E-state index contributed by atoms with van der Waals surface area (Å²) in [5, 5.41) is 5.58. The van der Waals surface area contributed by atoms with E-state index in [0.717, 1.165) is 23.4 Å². The summed E-state index contributed by atoms with van der Waals surface area (Å²) >= 11 is 3.37. The van der Waals surface area contributed by atoms with Gasteiger partial charge in [0, 0.05) is 18.0 Å². The van der Waals surface area contributed by atoms with Crippen molar-refractivity contribution in [3.05, 3.63) is 48.2 Å². The van der Waals surface area contributed by atoms with Gasteiger partial charge in [-0.2, -0.15) is 0 Å². The molecular formula is C13H14N4S2. The maximum Gasteiger partial charge on any atom is 0.170 e. The quantitative estimate of drug-likeness (QED) is 0.801. The minimum absolute atomic E-state index is 0.761. The van der Waals surface area contributed by atoms with Gasteiger partial charge in [0.05, 0.1) is 0 Å². The number of nitrogens with zero attached hydrogens (tertiary/aromatic N) is 4. The Bertz CT molecular complexity index is 539. The molecule has 0 aromatic heterocycles. The van der Waals surface area contributed by atoms with E-state index in [9.17, 15) is 0 Å². The number of fused-ring (bicyclic) bond motifs is 1. The highest BCUT2D eigenvalue weighted by Crippen LogP contribution is 2.25. The van der Waals surface area contributed by atoms with Crippen molar-refractivity contribution < 1.29 is 0 Å². The molecule has 0 saturated heterocycles. The minimum atomic E-state index is 0.761. The van der Waals surface area contributed by atoms with Crippen molar-refractivity contribution in [3.63, 3.8) is 0 Å². The van der Waals surface area contributed by atoms with Crippen LogP contribution in [0.15, 0.2) is 52.7 Å². The molecule has 0 atom stereocenters. The van der Waals surface area contributed by atoms with Gasteiger partial charge >= 0.3 is 0 Å². The second kappa shape index (κ2) is 5.71. The molecular weight excluding hydrogens is 276 g/mol. The fourth-order valence-electron chi connectivity index (χ4n) is 1.87. The van der Waals surface area contributed by atoms with Crippen molar-refractivity contribution in [2.24, 2.45) is 10.1 Å². The number of hydrazone groups is 1. The maximum absolute atomic E-state index is 4.58. The summed E-state index contributed by atoms with van der Waals surface area (Å²) in [6, 6.07) is 10.4. The van der Waals surface area contributed by atoms with Gasteiger partial charge < -0.3 is 0 Å². The first-order chi connectivity index (χ1) is 9.36. The van der Waals surface area contributed by atoms with E-state index < -0.39 is 0 Å². The topological polar surface area (TPSA) is 31.2 Å². The SMILES string of the molecule is CSC1=NC=CC2=NN(SCc3ccccc3)CN21. The van der Waals surface area contributed by atoms with E-state index in [1.807, 2.05) is 29.0 Å². The van der Waals surface area contributed by atoms with E-state index in [1.165, 1.54) is 5.56 Å². The summed E-state index contributed by atoms with van der Waals surface area (Å²) in [5.74, 6) is 1.90. The molecule has 0 unspecified atom stereocenters. The first-order valence-electron chi connectivity index (χ1n) is 5.95. The number of benzene rings is 1. The molecule has 2 aliphatic rings. The van der Waals surface area contributed by atoms with Crippen LogP contribution in [0.25, 0.3) is 0 Å². The smallest absolute Gasteiger partial charge is 0.170 e. The lowest BCUT2D eigenvalue weighted by atomic mass is 10.2. The summed E-state index contributed by atoms with van der Waals surface area (Å²) in [6.07, 6.45) is 5.80. The third-order valence-electron chi connectivity index (χ3n) is 2.80. The van der Waals surface area contributed by atoms with Gasteiger partial charge in [0.1, 0.15) is 6.67 Å². The summed E-state index contributed by atoms with van der Waals surface area (Å²) < 4.78 is 2.02. The lowest BCUT2D eigenvalue weighted by molar-refractivity contribution is 0.453. The Morgan fingerprint density at radius 3 is 2.89 bits per heavy atom. The monoisotopic (exact) mass is 290 g/mol. The van der Waals surface area contributed by atoms with Gasteiger partial charge in [-0.15, -0.1) is 5.10 Å². The Labute approximate surface area is 121 Å². The van der Waals surface area contributed by atoms with Gasteiger partial charge in [-0.25, -0.2) is 9.41 Å². The lowest BCUT2D eigenvalue weighted by Gasteiger charge is -2.21. The van der Waals surface area contributed by atoms with Crippen molar-refractivity contribution in [2.45, 2.75) is 5.75 Å². The zero-order valence-electron chi connectivity index (χ0n) is 10.6. The molecule has 1 aromatic carbocycles. The molecule has 0 spiro atoms. The molecule has 2 heterocycles. The van der Waals surface area contributed by atoms with Crippen LogP contribution in [0.3, 0.4) is 0 Å². The highest BCUT2D eigenvalue weighted by atomic mass is 32.2. The van der Waals surface area contributed by atoms with Crippen LogP contribution in [-0.4, -0.2) is 33.2 Å². The minimum Gasteiger partial charge on any atom is -0.283 e. The zero-order chi connectivity index (χ0) is 13.1. The highest BCUT2D eigenvalue weighted by molar-refractivity contribution is 8.13. The van der Waals surface area contributed by atoms with Crippen LogP contribution < -0.4 is 0 Å². The average Bonchev–Trinajstić information content (AvgIpc) is 2.89. The van der Waals surface area contributed by atoms with Crippen LogP contribution in [0.1, 0.15) is 5.56 Å². The summed E-state index contributed by atoms with van der Waals surface area (Å²) in [5.41, 5.74) is 1.31. The second-order valence-corrected chi connectivity index (χ2v) is 5.81. The number of rotatable bonds is 3. The van der Waals surface area contributed by atoms with E-state index >= 15 is 0 Å². The van der Waals surface area contributed by atoms with E-state index in [0.29, 0.717) is 0 Å². The number of aliphatic imine (C=N–C) groups is 1. The first kappa shape index (κ1) is 12.6. The molecule has 0 saturated carbocycles. The van der Waals surface area contributed by atoms with Crippen molar-refractivity contribution in [1.29, 1.82) is 0 Å². The molecule has 19 heavy (non-hydrogen) atoms. The standard InChI is InChI=1S/C13H14N4S2/c1-18-13-14-8-7-12-15-17(10-16(12)13)19-9-11-5-3-2-4-6-11/h2-8H,9-10H2,1H3. The molecule has 0 aliphatic carbocycles. The highest BCUT2D eigenvalue weighted by Gasteiger charge is 2.27. The molecule has 0 bridgehead atoms. The molecule has 0 fully saturated rings. The van der Waals surface area contributed by atoms with Crippen LogP contribution in [0, 0.1) is 0 Å². The molecule has 2 aliphatic heterocycles. The van der Waals surface area contributed by atoms with E-state index in [1.54, 1.807) is 23.7 Å². The van der Waals surface area contributed by atoms with Crippen LogP contribution in [0.2, 0.25) is 0 Å². The third-order valence-corrected chi connectivity index (χ3v) is 4.45. The lowest BCUT2D eigenvalue weighted by Crippen LogP contribution is -2.34. The van der Waals surface area contributed by atoms with Gasteiger partial charge in [0.25, 0.3) is 0 Å². The molecule has 1 aromatic rings. The molecule has 0 amide bonds. The van der Waals surface area contributed by atoms with Crippen LogP contribution >= 0.6 is 23.7 Å². The fraction of sp³-hybridized carbons (Fsp3) is 0.231. The van der Waals surface area contributed by atoms with Crippen molar-refractivity contribution in [3.8, 4) is 0 Å². The second-order valence-electron chi connectivity index (χ2n) is 4.07. The molecule has 3 rings (SSSR count). The predicted octanol–water partition coefficient (Wildman–Crippen LogP) is 2.97. The van der Waals surface area contributed by atoms with Crippen LogP contribution in [-0.2, 0) is 5.75 Å². The third kappa shape index (κ3) is 2.79. The van der Waals surface area contributed by atoms with Crippen molar-refractivity contribution in [2.75, 3.05) is 12.9 Å². The Morgan fingerprint density at radius 2 is 2.11 bits per heavy atom. The summed E-state index contributed by atoms with van der Waals surface area (Å²) in [6.45, 7) is 0.761. The van der Waals surface area contributed by atoms with E-state index in [-0.39, 0.29) is 0 Å². The average molecular weight is 290 g/mol. The predicted molar refractivity (Wildman–Crippen MR) is 83.8 cm³/mol. The van der Waals surface area contributed by atoms with E-state index in [2.05, 4.69) is 39.3 Å². The molecule has 4 nitrogen and oxygen atoms in total. The summed E-state index contributed by atoms with van der Waals surface area (Å²) in [4.78, 5) is 6.48. The Hall–Kier alpha value is -1.40. The molecule has 6 heteroatoms. The molecule has 0 N–H and O–H groups in total. The van der Waals surface area contributed by atoms with Gasteiger partial charge in [0.2, 0.25) is 0 Å².